The van der Waals surface area contributed by atoms with Crippen LogP contribution < -0.4 is 9.62 Å². The predicted molar refractivity (Wildman–Crippen MR) is 107 cm³/mol. The highest BCUT2D eigenvalue weighted by Gasteiger charge is 2.32. The van der Waals surface area contributed by atoms with Crippen molar-refractivity contribution in [2.24, 2.45) is 0 Å². The van der Waals surface area contributed by atoms with Gasteiger partial charge in [-0.3, -0.25) is 9.78 Å². The minimum Gasteiger partial charge on any atom is -0.463 e. The first kappa shape index (κ1) is 18.1. The molecule has 2 aliphatic rings. The van der Waals surface area contributed by atoms with Crippen LogP contribution in [-0.2, 0) is 34.2 Å². The number of pyridine rings is 1. The van der Waals surface area contributed by atoms with E-state index in [1.807, 2.05) is 6.07 Å². The number of benzene rings is 1. The number of rotatable bonds is 5. The van der Waals surface area contributed by atoms with Crippen LogP contribution in [0.25, 0.3) is 11.5 Å². The summed E-state index contributed by atoms with van der Waals surface area (Å²) in [5, 5.41) is 0. The fraction of sp³-hybridized carbons (Fsp3) is 0.238. The van der Waals surface area contributed by atoms with E-state index in [0.717, 1.165) is 22.4 Å². The van der Waals surface area contributed by atoms with Gasteiger partial charge in [0.1, 0.15) is 5.69 Å². The van der Waals surface area contributed by atoms with Gasteiger partial charge in [0.15, 0.2) is 5.76 Å². The van der Waals surface area contributed by atoms with Crippen molar-refractivity contribution in [3.8, 4) is 11.5 Å². The van der Waals surface area contributed by atoms with E-state index in [4.69, 9.17) is 4.42 Å². The van der Waals surface area contributed by atoms with Crippen molar-refractivity contribution < 1.29 is 17.6 Å². The molecule has 5 rings (SSSR count). The second kappa shape index (κ2) is 6.82. The fourth-order valence-corrected chi connectivity index (χ4v) is 5.16. The van der Waals surface area contributed by atoms with Crippen molar-refractivity contribution in [1.29, 1.82) is 0 Å². The molecule has 0 fully saturated rings. The van der Waals surface area contributed by atoms with Crippen molar-refractivity contribution in [3.63, 3.8) is 0 Å². The Morgan fingerprint density at radius 3 is 2.72 bits per heavy atom. The lowest BCUT2D eigenvalue weighted by molar-refractivity contribution is -0.118. The minimum atomic E-state index is -3.72. The summed E-state index contributed by atoms with van der Waals surface area (Å²) in [6.45, 7) is 0.726. The number of carbonyl (C=O) groups excluding carboxylic acids is 1. The molecule has 0 atom stereocenters. The van der Waals surface area contributed by atoms with Crippen LogP contribution in [0.4, 0.5) is 5.69 Å². The summed E-state index contributed by atoms with van der Waals surface area (Å²) in [7, 11) is -3.72. The number of nitrogens with one attached hydrogen (secondary N) is 1. The number of hydrogen-bond acceptors (Lipinski definition) is 5. The summed E-state index contributed by atoms with van der Waals surface area (Å²) >= 11 is 0. The van der Waals surface area contributed by atoms with E-state index in [0.29, 0.717) is 37.3 Å². The van der Waals surface area contributed by atoms with Gasteiger partial charge in [0.25, 0.3) is 0 Å². The lowest BCUT2D eigenvalue weighted by atomic mass is 10.00. The molecule has 0 unspecified atom stereocenters. The molecule has 0 spiro atoms. The van der Waals surface area contributed by atoms with Gasteiger partial charge in [-0.05, 0) is 59.9 Å². The molecule has 2 aliphatic heterocycles. The predicted octanol–water partition coefficient (Wildman–Crippen LogP) is 2.66. The Hall–Kier alpha value is -2.97. The molecule has 2 aromatic heterocycles. The number of nitrogens with zero attached hydrogens (tertiary/aromatic N) is 2. The third-order valence-corrected chi connectivity index (χ3v) is 6.81. The zero-order valence-electron chi connectivity index (χ0n) is 15.6. The number of amides is 1. The van der Waals surface area contributed by atoms with Gasteiger partial charge < -0.3 is 9.32 Å². The monoisotopic (exact) mass is 409 g/mol. The standard InChI is InChI=1S/C21H19N3O4S/c25-19-6-5-14-11-17(12-15-7-9-24(19)21(14)15)29(26,27)23-13-16-3-1-8-22-20(16)18-4-2-10-28-18/h1-4,8,10-12,23H,5-7,9,13H2. The molecule has 148 valence electrons. The molecule has 0 saturated carbocycles. The van der Waals surface area contributed by atoms with E-state index in [-0.39, 0.29) is 17.3 Å². The van der Waals surface area contributed by atoms with Gasteiger partial charge in [-0.1, -0.05) is 6.07 Å². The van der Waals surface area contributed by atoms with E-state index < -0.39 is 10.0 Å². The maximum absolute atomic E-state index is 13.0. The quantitative estimate of drug-likeness (QED) is 0.699. The van der Waals surface area contributed by atoms with Crippen molar-refractivity contribution in [2.45, 2.75) is 30.7 Å². The molecule has 7 nitrogen and oxygen atoms in total. The largest absolute Gasteiger partial charge is 0.463 e. The number of sulfonamides is 1. The first-order chi connectivity index (χ1) is 14.0. The van der Waals surface area contributed by atoms with Crippen LogP contribution in [-0.4, -0.2) is 25.9 Å². The number of carbonyl (C=O) groups is 1. The average Bonchev–Trinajstić information content (AvgIpc) is 3.40. The van der Waals surface area contributed by atoms with Crippen LogP contribution in [0.15, 0.2) is 58.2 Å². The molecule has 1 aromatic carbocycles. The summed E-state index contributed by atoms with van der Waals surface area (Å²) in [4.78, 5) is 18.4. The average molecular weight is 409 g/mol. The first-order valence-electron chi connectivity index (χ1n) is 9.46. The van der Waals surface area contributed by atoms with E-state index in [1.165, 1.54) is 0 Å². The number of aryl methyl sites for hydroxylation is 1. The molecule has 0 aliphatic carbocycles. The van der Waals surface area contributed by atoms with Crippen molar-refractivity contribution in [3.05, 3.63) is 65.5 Å². The number of furan rings is 1. The zero-order chi connectivity index (χ0) is 20.0. The van der Waals surface area contributed by atoms with Gasteiger partial charge in [-0.25, -0.2) is 13.1 Å². The highest BCUT2D eigenvalue weighted by atomic mass is 32.2. The number of hydrogen-bond donors (Lipinski definition) is 1. The van der Waals surface area contributed by atoms with Gasteiger partial charge in [0.05, 0.1) is 16.8 Å². The second-order valence-corrected chi connectivity index (χ2v) is 8.97. The fourth-order valence-electron chi connectivity index (χ4n) is 4.05. The number of anilines is 1. The Balaban J connectivity index is 1.43. The summed E-state index contributed by atoms with van der Waals surface area (Å²) in [6, 6.07) is 10.5. The highest BCUT2D eigenvalue weighted by Crippen LogP contribution is 2.38. The van der Waals surface area contributed by atoms with E-state index in [9.17, 15) is 13.2 Å². The van der Waals surface area contributed by atoms with Gasteiger partial charge in [-0.15, -0.1) is 0 Å². The summed E-state index contributed by atoms with van der Waals surface area (Å²) in [5.41, 5.74) is 4.10. The Morgan fingerprint density at radius 1 is 1.10 bits per heavy atom. The first-order valence-corrected chi connectivity index (χ1v) is 10.9. The molecule has 0 radical (unpaired) electrons. The highest BCUT2D eigenvalue weighted by molar-refractivity contribution is 7.89. The molecule has 1 N–H and O–H groups in total. The summed E-state index contributed by atoms with van der Waals surface area (Å²) in [5.74, 6) is 0.707. The molecular weight excluding hydrogens is 390 g/mol. The van der Waals surface area contributed by atoms with Crippen LogP contribution in [0.3, 0.4) is 0 Å². The second-order valence-electron chi connectivity index (χ2n) is 7.20. The van der Waals surface area contributed by atoms with Crippen molar-refractivity contribution >= 4 is 21.6 Å². The van der Waals surface area contributed by atoms with Gasteiger partial charge >= 0.3 is 0 Å². The summed E-state index contributed by atoms with van der Waals surface area (Å²) in [6.07, 6.45) is 4.89. The van der Waals surface area contributed by atoms with Crippen molar-refractivity contribution in [2.75, 3.05) is 11.4 Å². The molecule has 29 heavy (non-hydrogen) atoms. The van der Waals surface area contributed by atoms with Crippen LogP contribution in [0, 0.1) is 0 Å². The molecule has 1 amide bonds. The maximum atomic E-state index is 13.0. The van der Waals surface area contributed by atoms with Crippen LogP contribution in [0.2, 0.25) is 0 Å². The SMILES string of the molecule is O=C1CCc2cc(S(=O)(=O)NCc3cccnc3-c3ccco3)cc3c2N1CC3. The van der Waals surface area contributed by atoms with E-state index in [1.54, 1.807) is 47.7 Å². The van der Waals surface area contributed by atoms with Crippen LogP contribution in [0.1, 0.15) is 23.1 Å². The smallest absolute Gasteiger partial charge is 0.240 e. The third-order valence-electron chi connectivity index (χ3n) is 5.43. The minimum absolute atomic E-state index is 0.100. The van der Waals surface area contributed by atoms with Crippen molar-refractivity contribution in [1.82, 2.24) is 9.71 Å². The van der Waals surface area contributed by atoms with Crippen LogP contribution >= 0.6 is 0 Å². The normalized spacial score (nSPS) is 15.6. The Kier molecular flexibility index (Phi) is 4.25. The van der Waals surface area contributed by atoms with Crippen LogP contribution in [0.5, 0.6) is 0 Å². The van der Waals surface area contributed by atoms with Gasteiger partial charge in [0.2, 0.25) is 15.9 Å². The third kappa shape index (κ3) is 3.14. The molecule has 8 heteroatoms. The van der Waals surface area contributed by atoms with Gasteiger partial charge in [-0.2, -0.15) is 0 Å². The van der Waals surface area contributed by atoms with E-state index >= 15 is 0 Å². The Bertz CT molecular complexity index is 1200. The maximum Gasteiger partial charge on any atom is 0.240 e. The molecular formula is C21H19N3O4S. The molecule has 3 aromatic rings. The Labute approximate surface area is 168 Å². The molecule has 0 saturated heterocycles. The number of aromatic nitrogens is 1. The van der Waals surface area contributed by atoms with E-state index in [2.05, 4.69) is 9.71 Å². The van der Waals surface area contributed by atoms with Gasteiger partial charge in [0, 0.05) is 25.7 Å². The molecule has 0 bridgehead atoms. The summed E-state index contributed by atoms with van der Waals surface area (Å²) < 4.78 is 34.1. The Morgan fingerprint density at radius 2 is 1.93 bits per heavy atom. The zero-order valence-corrected chi connectivity index (χ0v) is 16.4. The topological polar surface area (TPSA) is 92.5 Å². The lowest BCUT2D eigenvalue weighted by Crippen LogP contribution is -2.33. The molecule has 4 heterocycles. The lowest BCUT2D eigenvalue weighted by Gasteiger charge is -2.25.